The molecule has 0 aromatic carbocycles. The molecule has 0 aliphatic heterocycles. The van der Waals surface area contributed by atoms with Gasteiger partial charge in [0.25, 0.3) is 0 Å². The molecule has 95 heavy (non-hydrogen) atoms. The third kappa shape index (κ3) is 69.8. The summed E-state index contributed by atoms with van der Waals surface area (Å²) in [6.45, 7) is 2.16. The highest BCUT2D eigenvalue weighted by Crippen LogP contribution is 2.45. The summed E-state index contributed by atoms with van der Waals surface area (Å²) in [5.74, 6) is -1.73. The molecule has 18 heteroatoms. The van der Waals surface area contributed by atoms with Crippen molar-refractivity contribution in [1.29, 1.82) is 0 Å². The number of carbonyl (C=O) groups excluding carboxylic acids is 3. The Balaban J connectivity index is 4.78. The maximum absolute atomic E-state index is 12.9. The number of hydrogen-bond donors (Lipinski definition) is 4. The van der Waals surface area contributed by atoms with Crippen LogP contribution in [-0.2, 0) is 55.8 Å². The maximum atomic E-state index is 12.9. The van der Waals surface area contributed by atoms with Gasteiger partial charge in [-0.3, -0.25) is 32.5 Å². The Labute approximate surface area is 573 Å². The smallest absolute Gasteiger partial charge is 0.463 e. The van der Waals surface area contributed by atoms with E-state index in [-0.39, 0.29) is 19.3 Å². The number of carbonyl (C=O) groups is 3. The molecule has 5 unspecified atom stereocenters. The maximum Gasteiger partial charge on any atom is 0.472 e. The fourth-order valence-electron chi connectivity index (χ4n) is 8.38. The molecular formula is C77H122O16P2. The summed E-state index contributed by atoms with van der Waals surface area (Å²) in [4.78, 5) is 58.4. The third-order valence-electron chi connectivity index (χ3n) is 13.6. The van der Waals surface area contributed by atoms with E-state index in [1.165, 1.54) is 0 Å². The van der Waals surface area contributed by atoms with Crippen LogP contribution in [0.1, 0.15) is 226 Å². The van der Waals surface area contributed by atoms with Crippen LogP contribution in [0, 0.1) is 0 Å². The quantitative estimate of drug-likeness (QED) is 0.0146. The normalized spacial score (nSPS) is 15.2. The minimum Gasteiger partial charge on any atom is -0.463 e. The molecule has 0 aliphatic carbocycles. The first-order valence-electron chi connectivity index (χ1n) is 35.1. The summed E-state index contributed by atoms with van der Waals surface area (Å²) in [5.41, 5.74) is 0. The summed E-state index contributed by atoms with van der Waals surface area (Å²) in [6.07, 6.45) is 86.7. The van der Waals surface area contributed by atoms with Crippen LogP contribution < -0.4 is 0 Å². The summed E-state index contributed by atoms with van der Waals surface area (Å²) in [7, 11) is -9.83. The van der Waals surface area contributed by atoms with Crippen LogP contribution in [0.5, 0.6) is 0 Å². The van der Waals surface area contributed by atoms with E-state index < -0.39 is 91.5 Å². The number of rotatable bonds is 64. The molecule has 0 aliphatic rings. The second-order valence-corrected chi connectivity index (χ2v) is 25.4. The van der Waals surface area contributed by atoms with Crippen molar-refractivity contribution in [1.82, 2.24) is 0 Å². The van der Waals surface area contributed by atoms with Gasteiger partial charge in [0.15, 0.2) is 6.10 Å². The van der Waals surface area contributed by atoms with E-state index >= 15 is 0 Å². The van der Waals surface area contributed by atoms with Gasteiger partial charge in [0.05, 0.1) is 26.4 Å². The lowest BCUT2D eigenvalue weighted by molar-refractivity contribution is -0.161. The zero-order chi connectivity index (χ0) is 69.5. The number of unbranched alkanes of at least 4 members (excludes halogenated alkanes) is 11. The highest BCUT2D eigenvalue weighted by Gasteiger charge is 2.29. The minimum absolute atomic E-state index is 0.0350. The van der Waals surface area contributed by atoms with Gasteiger partial charge in [-0.15, -0.1) is 0 Å². The first kappa shape index (κ1) is 89.6. The van der Waals surface area contributed by atoms with Gasteiger partial charge in [0, 0.05) is 19.3 Å². The van der Waals surface area contributed by atoms with Crippen molar-refractivity contribution in [3.05, 3.63) is 182 Å². The number of ether oxygens (including phenoxy) is 3. The van der Waals surface area contributed by atoms with Crippen molar-refractivity contribution >= 4 is 33.6 Å². The number of phosphoric acid groups is 2. The van der Waals surface area contributed by atoms with Gasteiger partial charge in [-0.25, -0.2) is 9.13 Å². The zero-order valence-electron chi connectivity index (χ0n) is 58.0. The molecule has 0 amide bonds. The molecule has 0 saturated carbocycles. The van der Waals surface area contributed by atoms with Gasteiger partial charge in [-0.1, -0.05) is 248 Å². The Morgan fingerprint density at radius 3 is 0.895 bits per heavy atom. The number of esters is 3. The fourth-order valence-corrected chi connectivity index (χ4v) is 9.96. The molecule has 0 fully saturated rings. The van der Waals surface area contributed by atoms with Crippen molar-refractivity contribution in [3.8, 4) is 0 Å². The van der Waals surface area contributed by atoms with Gasteiger partial charge in [-0.05, 0) is 141 Å². The van der Waals surface area contributed by atoms with E-state index in [0.29, 0.717) is 25.7 Å². The highest BCUT2D eigenvalue weighted by atomic mass is 31.2. The van der Waals surface area contributed by atoms with Crippen molar-refractivity contribution in [3.63, 3.8) is 0 Å². The van der Waals surface area contributed by atoms with E-state index in [4.69, 9.17) is 32.3 Å². The predicted octanol–water partition coefficient (Wildman–Crippen LogP) is 19.9. The molecule has 0 heterocycles. The van der Waals surface area contributed by atoms with Crippen LogP contribution in [0.4, 0.5) is 0 Å². The van der Waals surface area contributed by atoms with Gasteiger partial charge < -0.3 is 34.2 Å². The summed E-state index contributed by atoms with van der Waals surface area (Å²) in [6, 6.07) is 0. The summed E-state index contributed by atoms with van der Waals surface area (Å²) in [5, 5.41) is 20.6. The van der Waals surface area contributed by atoms with E-state index in [1.807, 2.05) is 18.2 Å². The van der Waals surface area contributed by atoms with Gasteiger partial charge in [0.1, 0.15) is 25.4 Å². The fraction of sp³-hybridized carbons (Fsp3) is 0.571. The Bertz CT molecular complexity index is 2460. The number of aliphatic hydroxyl groups excluding tert-OH is 2. The Kier molecular flexibility index (Phi) is 64.7. The van der Waals surface area contributed by atoms with Crippen molar-refractivity contribution in [2.45, 2.75) is 245 Å². The lowest BCUT2D eigenvalue weighted by Crippen LogP contribution is -2.30. The van der Waals surface area contributed by atoms with Gasteiger partial charge in [-0.2, -0.15) is 0 Å². The van der Waals surface area contributed by atoms with E-state index in [0.717, 1.165) is 161 Å². The summed E-state index contributed by atoms with van der Waals surface area (Å²) < 4.78 is 60.8. The lowest BCUT2D eigenvalue weighted by atomic mass is 10.1. The van der Waals surface area contributed by atoms with Crippen LogP contribution in [-0.4, -0.2) is 95.9 Å². The number of phosphoric ester groups is 2. The molecular weight excluding hydrogens is 1240 g/mol. The van der Waals surface area contributed by atoms with E-state index in [9.17, 15) is 43.5 Å². The molecule has 0 aromatic rings. The van der Waals surface area contributed by atoms with Crippen LogP contribution in [0.25, 0.3) is 0 Å². The van der Waals surface area contributed by atoms with Crippen LogP contribution in [0.15, 0.2) is 182 Å². The van der Waals surface area contributed by atoms with E-state index in [2.05, 4.69) is 185 Å². The monoisotopic (exact) mass is 1360 g/mol. The second-order valence-electron chi connectivity index (χ2n) is 22.5. The molecule has 0 saturated heterocycles. The standard InChI is InChI=1S/C77H122O16P2/c1-4-7-10-13-16-19-22-25-28-31-33-34-35-36-38-41-42-45-48-51-54-57-60-63-75(80)87-66-72(78)67-89-94(83,84)90-68-73(79)69-91-95(85,86)92-71-74(93-77(82)65-62-59-56-53-50-47-44-39-30-27-24-21-18-15-12-9-6-3)70-88-76(81)64-61-58-55-52-49-46-43-40-37-32-29-26-23-20-17-14-11-8-5-2/h7-12,16-21,25-30,33-34,36-38,40,42,45-46,49,55,58,72-74,78-79H,4-6,13-15,22-24,31-32,35,39,41,43-44,47-48,50-54,56-57,59-71H2,1-3H3,(H,83,84)(H,85,86)/b10-7-,11-8-,12-9-,19-16-,20-17-,21-18-,28-25-,29-26-,30-27-,34-33-,38-36-,40-37-,45-42-,49-46-,58-55-. The minimum atomic E-state index is -4.96. The average Bonchev–Trinajstić information content (AvgIpc) is 2.05. The lowest BCUT2D eigenvalue weighted by Gasteiger charge is -2.21. The number of hydrogen-bond acceptors (Lipinski definition) is 14. The second kappa shape index (κ2) is 68.6. The molecule has 0 radical (unpaired) electrons. The molecule has 0 spiro atoms. The first-order chi connectivity index (χ1) is 46.2. The van der Waals surface area contributed by atoms with Crippen molar-refractivity contribution < 1.29 is 75.8 Å². The molecule has 0 rings (SSSR count). The largest absolute Gasteiger partial charge is 0.472 e. The molecule has 4 N–H and O–H groups in total. The van der Waals surface area contributed by atoms with Gasteiger partial charge in [0.2, 0.25) is 0 Å². The Morgan fingerprint density at radius 1 is 0.295 bits per heavy atom. The predicted molar refractivity (Wildman–Crippen MR) is 389 cm³/mol. The molecule has 0 bridgehead atoms. The van der Waals surface area contributed by atoms with E-state index in [1.54, 1.807) is 0 Å². The molecule has 0 aromatic heterocycles. The molecule has 536 valence electrons. The Morgan fingerprint density at radius 2 is 0.547 bits per heavy atom. The van der Waals surface area contributed by atoms with Crippen LogP contribution in [0.3, 0.4) is 0 Å². The van der Waals surface area contributed by atoms with Crippen LogP contribution >= 0.6 is 15.6 Å². The number of allylic oxidation sites excluding steroid dienone is 30. The molecule has 5 atom stereocenters. The van der Waals surface area contributed by atoms with Crippen molar-refractivity contribution in [2.75, 3.05) is 39.6 Å². The van der Waals surface area contributed by atoms with Crippen LogP contribution in [0.2, 0.25) is 0 Å². The topological polar surface area (TPSA) is 231 Å². The SMILES string of the molecule is CC/C=C\C/C=C\C/C=C\C/C=C\C/C=C\C/C=C\CCCCCCC(=O)OCC(O)COP(=O)(O)OCC(O)COP(=O)(O)OCC(COC(=O)CC/C=C\C/C=C\C/C=C\C/C=C\C/C=C\C/C=C\CC)OC(=O)CCCCCCCCC/C=C\C/C=C\C/C=C\CC. The van der Waals surface area contributed by atoms with Gasteiger partial charge >= 0.3 is 33.6 Å². The first-order valence-corrected chi connectivity index (χ1v) is 38.1. The highest BCUT2D eigenvalue weighted by molar-refractivity contribution is 7.47. The average molecular weight is 1370 g/mol. The van der Waals surface area contributed by atoms with Crippen molar-refractivity contribution in [2.24, 2.45) is 0 Å². The summed E-state index contributed by atoms with van der Waals surface area (Å²) >= 11 is 0. The third-order valence-corrected chi connectivity index (χ3v) is 15.5. The number of aliphatic hydroxyl groups is 2. The Hall–Kier alpha value is -5.35. The molecule has 16 nitrogen and oxygen atoms in total. The zero-order valence-corrected chi connectivity index (χ0v) is 59.8.